The Balaban J connectivity index is 0.000000270. The van der Waals surface area contributed by atoms with Crippen LogP contribution in [0, 0.1) is 0 Å². The third kappa shape index (κ3) is 7.04. The van der Waals surface area contributed by atoms with Crippen molar-refractivity contribution >= 4 is 12.8 Å². The smallest absolute Gasteiger partial charge is 0.293 e. The first kappa shape index (κ1) is 17.4. The van der Waals surface area contributed by atoms with Crippen molar-refractivity contribution in [3.63, 3.8) is 0 Å². The summed E-state index contributed by atoms with van der Waals surface area (Å²) in [5.74, 6) is 0.678. The molecular weight excluding hydrogens is 266 g/mol. The van der Waals surface area contributed by atoms with E-state index in [1.807, 2.05) is 32.9 Å². The van der Waals surface area contributed by atoms with E-state index in [1.165, 1.54) is 18.4 Å². The Hall–Kier alpha value is -1.68. The van der Waals surface area contributed by atoms with Gasteiger partial charge in [0, 0.05) is 5.56 Å². The summed E-state index contributed by atoms with van der Waals surface area (Å²) in [5, 5.41) is 3.35. The highest BCUT2D eigenvalue weighted by molar-refractivity contribution is 5.74. The summed E-state index contributed by atoms with van der Waals surface area (Å²) in [7, 11) is 0. The predicted molar refractivity (Wildman–Crippen MR) is 83.6 cm³/mol. The summed E-state index contributed by atoms with van der Waals surface area (Å²) in [5.41, 5.74) is 1.82. The molecule has 0 spiro atoms. The molecule has 1 saturated heterocycles. The molecule has 0 bridgehead atoms. The number of ether oxygens (including phenoxy) is 1. The van der Waals surface area contributed by atoms with E-state index in [4.69, 9.17) is 0 Å². The normalized spacial score (nSPS) is 15.6. The molecule has 0 amide bonds. The van der Waals surface area contributed by atoms with Gasteiger partial charge in [0.1, 0.15) is 11.9 Å². The van der Waals surface area contributed by atoms with Crippen molar-refractivity contribution in [2.24, 2.45) is 0 Å². The van der Waals surface area contributed by atoms with E-state index < -0.39 is 0 Å². The quantitative estimate of drug-likeness (QED) is 0.870. The van der Waals surface area contributed by atoms with Crippen LogP contribution in [0.2, 0.25) is 0 Å². The molecule has 4 nitrogen and oxygen atoms in total. The van der Waals surface area contributed by atoms with Crippen LogP contribution in [-0.4, -0.2) is 31.4 Å². The number of carbonyl (C=O) groups excluding carboxylic acids is 2. The lowest BCUT2D eigenvalue weighted by Gasteiger charge is -2.22. The van der Waals surface area contributed by atoms with Crippen molar-refractivity contribution in [3.8, 4) is 0 Å². The van der Waals surface area contributed by atoms with E-state index in [1.54, 1.807) is 0 Å². The summed E-state index contributed by atoms with van der Waals surface area (Å²) < 4.78 is 4.55. The standard InChI is InChI=1S/C12H15NO.C5H10O2/c14-9-10-1-3-11(4-2-10)12-5-7-13-8-6-12;1-5(2,3)7-4-6/h1-4,9,12-13H,5-8H2;4H,1-3H3. The van der Waals surface area contributed by atoms with Gasteiger partial charge in [0.2, 0.25) is 0 Å². The first-order chi connectivity index (χ1) is 9.96. The van der Waals surface area contributed by atoms with Crippen LogP contribution in [-0.2, 0) is 9.53 Å². The minimum Gasteiger partial charge on any atom is -0.462 e. The Labute approximate surface area is 126 Å². The fourth-order valence-corrected chi connectivity index (χ4v) is 2.15. The first-order valence-electron chi connectivity index (χ1n) is 7.33. The van der Waals surface area contributed by atoms with Gasteiger partial charge in [0.25, 0.3) is 6.47 Å². The molecular formula is C17H25NO3. The summed E-state index contributed by atoms with van der Waals surface area (Å²) in [6.45, 7) is 8.14. The minimum absolute atomic E-state index is 0.318. The van der Waals surface area contributed by atoms with Gasteiger partial charge in [-0.15, -0.1) is 0 Å². The third-order valence-corrected chi connectivity index (χ3v) is 3.28. The average Bonchev–Trinajstić information content (AvgIpc) is 2.48. The lowest BCUT2D eigenvalue weighted by molar-refractivity contribution is -0.138. The lowest BCUT2D eigenvalue weighted by Crippen LogP contribution is -2.26. The Morgan fingerprint density at radius 1 is 1.10 bits per heavy atom. The fraction of sp³-hybridized carbons (Fsp3) is 0.529. The molecule has 1 N–H and O–H groups in total. The number of piperidine rings is 1. The number of benzene rings is 1. The maximum absolute atomic E-state index is 10.5. The second-order valence-corrected chi connectivity index (χ2v) is 6.14. The number of hydrogen-bond acceptors (Lipinski definition) is 4. The van der Waals surface area contributed by atoms with Crippen LogP contribution in [0.1, 0.15) is 55.5 Å². The second-order valence-electron chi connectivity index (χ2n) is 6.14. The third-order valence-electron chi connectivity index (χ3n) is 3.28. The van der Waals surface area contributed by atoms with Gasteiger partial charge in [-0.25, -0.2) is 0 Å². The van der Waals surface area contributed by atoms with Crippen molar-refractivity contribution in [1.82, 2.24) is 5.32 Å². The zero-order valence-electron chi connectivity index (χ0n) is 13.1. The van der Waals surface area contributed by atoms with Crippen LogP contribution >= 0.6 is 0 Å². The minimum atomic E-state index is -0.318. The van der Waals surface area contributed by atoms with Crippen LogP contribution < -0.4 is 5.32 Å². The molecule has 1 aromatic carbocycles. The van der Waals surface area contributed by atoms with Crippen LogP contribution in [0.25, 0.3) is 0 Å². The molecule has 0 saturated carbocycles. The topological polar surface area (TPSA) is 55.4 Å². The molecule has 1 aromatic rings. The fourth-order valence-electron chi connectivity index (χ4n) is 2.15. The maximum Gasteiger partial charge on any atom is 0.293 e. The molecule has 0 atom stereocenters. The number of nitrogens with one attached hydrogen (secondary N) is 1. The first-order valence-corrected chi connectivity index (χ1v) is 7.33. The van der Waals surface area contributed by atoms with Crippen LogP contribution in [0.5, 0.6) is 0 Å². The number of carbonyl (C=O) groups is 2. The molecule has 1 aliphatic heterocycles. The van der Waals surface area contributed by atoms with Crippen LogP contribution in [0.15, 0.2) is 24.3 Å². The Kier molecular flexibility index (Phi) is 7.09. The maximum atomic E-state index is 10.5. The van der Waals surface area contributed by atoms with Crippen molar-refractivity contribution in [2.75, 3.05) is 13.1 Å². The van der Waals surface area contributed by atoms with E-state index >= 15 is 0 Å². The number of aldehydes is 1. The molecule has 0 aromatic heterocycles. The zero-order valence-corrected chi connectivity index (χ0v) is 13.1. The monoisotopic (exact) mass is 291 g/mol. The molecule has 0 radical (unpaired) electrons. The van der Waals surface area contributed by atoms with Gasteiger partial charge in [-0.2, -0.15) is 0 Å². The Morgan fingerprint density at radius 3 is 2.05 bits per heavy atom. The zero-order chi connectivity index (χ0) is 15.7. The summed E-state index contributed by atoms with van der Waals surface area (Å²) in [6, 6.07) is 7.98. The molecule has 1 heterocycles. The van der Waals surface area contributed by atoms with Gasteiger partial charge in [-0.05, 0) is 58.2 Å². The van der Waals surface area contributed by atoms with Gasteiger partial charge in [-0.3, -0.25) is 9.59 Å². The SMILES string of the molecule is CC(C)(C)OC=O.O=Cc1ccc(C2CCNCC2)cc1. The highest BCUT2D eigenvalue weighted by atomic mass is 16.5. The van der Waals surface area contributed by atoms with Gasteiger partial charge in [0.05, 0.1) is 0 Å². The van der Waals surface area contributed by atoms with E-state index in [9.17, 15) is 9.59 Å². The highest BCUT2D eigenvalue weighted by Crippen LogP contribution is 2.24. The van der Waals surface area contributed by atoms with Crippen molar-refractivity contribution in [3.05, 3.63) is 35.4 Å². The molecule has 21 heavy (non-hydrogen) atoms. The largest absolute Gasteiger partial charge is 0.462 e. The van der Waals surface area contributed by atoms with Crippen LogP contribution in [0.3, 0.4) is 0 Å². The molecule has 1 fully saturated rings. The molecule has 4 heteroatoms. The van der Waals surface area contributed by atoms with Crippen molar-refractivity contribution < 1.29 is 14.3 Å². The van der Waals surface area contributed by atoms with E-state index in [0.717, 1.165) is 24.9 Å². The number of hydrogen-bond donors (Lipinski definition) is 1. The summed E-state index contributed by atoms with van der Waals surface area (Å²) in [4.78, 5) is 20.1. The predicted octanol–water partition coefficient (Wildman–Crippen LogP) is 2.92. The number of rotatable bonds is 3. The summed E-state index contributed by atoms with van der Waals surface area (Å²) >= 11 is 0. The van der Waals surface area contributed by atoms with Gasteiger partial charge < -0.3 is 10.1 Å². The van der Waals surface area contributed by atoms with Crippen molar-refractivity contribution in [1.29, 1.82) is 0 Å². The van der Waals surface area contributed by atoms with Gasteiger partial charge >= 0.3 is 0 Å². The molecule has 1 aliphatic rings. The van der Waals surface area contributed by atoms with E-state index in [2.05, 4.69) is 22.2 Å². The Bertz CT molecular complexity index is 428. The lowest BCUT2D eigenvalue weighted by atomic mass is 9.90. The molecule has 2 rings (SSSR count). The van der Waals surface area contributed by atoms with E-state index in [-0.39, 0.29) is 5.60 Å². The summed E-state index contributed by atoms with van der Waals surface area (Å²) in [6.07, 6.45) is 3.31. The van der Waals surface area contributed by atoms with E-state index in [0.29, 0.717) is 12.4 Å². The average molecular weight is 291 g/mol. The van der Waals surface area contributed by atoms with Gasteiger partial charge in [-0.1, -0.05) is 24.3 Å². The van der Waals surface area contributed by atoms with Crippen LogP contribution in [0.4, 0.5) is 0 Å². The second kappa shape index (κ2) is 8.57. The molecule has 0 unspecified atom stereocenters. The Morgan fingerprint density at radius 2 is 1.67 bits per heavy atom. The molecule has 116 valence electrons. The van der Waals surface area contributed by atoms with Gasteiger partial charge in [0.15, 0.2) is 0 Å². The molecule has 0 aliphatic carbocycles. The van der Waals surface area contributed by atoms with Crippen molar-refractivity contribution in [2.45, 2.75) is 45.1 Å². The highest BCUT2D eigenvalue weighted by Gasteiger charge is 2.14.